The van der Waals surface area contributed by atoms with Gasteiger partial charge in [-0.1, -0.05) is 19.0 Å². The van der Waals surface area contributed by atoms with Crippen LogP contribution >= 0.6 is 11.8 Å². The summed E-state index contributed by atoms with van der Waals surface area (Å²) in [5.41, 5.74) is 6.00. The molecule has 0 radical (unpaired) electrons. The summed E-state index contributed by atoms with van der Waals surface area (Å²) in [5.74, 6) is 3.59. The second-order valence-electron chi connectivity index (χ2n) is 4.66. The lowest BCUT2D eigenvalue weighted by Crippen LogP contribution is -2.17. The highest BCUT2D eigenvalue weighted by Crippen LogP contribution is 2.26. The summed E-state index contributed by atoms with van der Waals surface area (Å²) < 4.78 is 10.8. The predicted molar refractivity (Wildman–Crippen MR) is 66.7 cm³/mol. The molecule has 5 nitrogen and oxygen atoms in total. The van der Waals surface area contributed by atoms with Crippen LogP contribution in [-0.4, -0.2) is 28.3 Å². The van der Waals surface area contributed by atoms with E-state index in [2.05, 4.69) is 24.0 Å². The standard InChI is InChI=1S/C11H19N3O2S/c1-7(2)5-8(12)11-13-10(14-16-11)9-6-17-4-3-15-9/h7-9H,3-6,12H2,1-2H3/t8-,9?/m0/s1. The van der Waals surface area contributed by atoms with Gasteiger partial charge in [-0.05, 0) is 12.3 Å². The van der Waals surface area contributed by atoms with Gasteiger partial charge in [0.25, 0.3) is 0 Å². The van der Waals surface area contributed by atoms with Crippen molar-refractivity contribution in [2.24, 2.45) is 11.7 Å². The Hall–Kier alpha value is -0.590. The molecule has 6 heteroatoms. The summed E-state index contributed by atoms with van der Waals surface area (Å²) in [6, 6.07) is -0.174. The van der Waals surface area contributed by atoms with E-state index in [1.54, 1.807) is 0 Å². The van der Waals surface area contributed by atoms with Crippen molar-refractivity contribution in [3.8, 4) is 0 Å². The third kappa shape index (κ3) is 3.43. The highest BCUT2D eigenvalue weighted by atomic mass is 32.2. The van der Waals surface area contributed by atoms with Crippen LogP contribution in [0.1, 0.15) is 44.1 Å². The van der Waals surface area contributed by atoms with E-state index in [-0.39, 0.29) is 12.1 Å². The average Bonchev–Trinajstić information content (AvgIpc) is 2.78. The van der Waals surface area contributed by atoms with Crippen molar-refractivity contribution in [2.75, 3.05) is 18.1 Å². The lowest BCUT2D eigenvalue weighted by atomic mass is 10.0. The third-order valence-electron chi connectivity index (χ3n) is 2.60. The first-order valence-electron chi connectivity index (χ1n) is 5.95. The molecule has 0 spiro atoms. The molecule has 0 saturated carbocycles. The molecule has 2 N–H and O–H groups in total. The van der Waals surface area contributed by atoms with Crippen molar-refractivity contribution in [2.45, 2.75) is 32.4 Å². The number of ether oxygens (including phenoxy) is 1. The van der Waals surface area contributed by atoms with E-state index < -0.39 is 0 Å². The normalized spacial score (nSPS) is 22.9. The fourth-order valence-corrected chi connectivity index (χ4v) is 2.61. The molecule has 2 rings (SSSR count). The first-order chi connectivity index (χ1) is 8.16. The molecule has 1 aliphatic heterocycles. The predicted octanol–water partition coefficient (Wildman–Crippen LogP) is 1.92. The van der Waals surface area contributed by atoms with Crippen LogP contribution in [0.2, 0.25) is 0 Å². The number of nitrogens with two attached hydrogens (primary N) is 1. The smallest absolute Gasteiger partial charge is 0.243 e. The molecule has 1 unspecified atom stereocenters. The van der Waals surface area contributed by atoms with Crippen molar-refractivity contribution in [1.82, 2.24) is 10.1 Å². The molecule has 0 bridgehead atoms. The van der Waals surface area contributed by atoms with Gasteiger partial charge in [0.15, 0.2) is 0 Å². The molecule has 1 aromatic rings. The van der Waals surface area contributed by atoms with E-state index in [1.165, 1.54) is 0 Å². The van der Waals surface area contributed by atoms with Crippen molar-refractivity contribution in [3.05, 3.63) is 11.7 Å². The molecule has 0 amide bonds. The molecule has 0 aromatic carbocycles. The Kier molecular flexibility index (Phi) is 4.42. The van der Waals surface area contributed by atoms with Gasteiger partial charge < -0.3 is 15.0 Å². The molecule has 1 saturated heterocycles. The number of nitrogens with zero attached hydrogens (tertiary/aromatic N) is 2. The summed E-state index contributed by atoms with van der Waals surface area (Å²) in [6.45, 7) is 4.99. The van der Waals surface area contributed by atoms with Crippen molar-refractivity contribution < 1.29 is 9.26 Å². The zero-order chi connectivity index (χ0) is 12.3. The molecule has 1 aromatic heterocycles. The third-order valence-corrected chi connectivity index (χ3v) is 3.60. The monoisotopic (exact) mass is 257 g/mol. The quantitative estimate of drug-likeness (QED) is 0.888. The molecular formula is C11H19N3O2S. The van der Waals surface area contributed by atoms with Crippen LogP contribution in [0.4, 0.5) is 0 Å². The SMILES string of the molecule is CC(C)C[C@H](N)c1nc(C2CSCCO2)no1. The highest BCUT2D eigenvalue weighted by molar-refractivity contribution is 7.99. The van der Waals surface area contributed by atoms with Gasteiger partial charge in [0.1, 0.15) is 6.10 Å². The van der Waals surface area contributed by atoms with Gasteiger partial charge in [0, 0.05) is 11.5 Å². The highest BCUT2D eigenvalue weighted by Gasteiger charge is 2.24. The van der Waals surface area contributed by atoms with E-state index in [0.717, 1.165) is 24.5 Å². The van der Waals surface area contributed by atoms with E-state index in [0.29, 0.717) is 17.6 Å². The fourth-order valence-electron chi connectivity index (χ4n) is 1.77. The van der Waals surface area contributed by atoms with Crippen LogP contribution in [0, 0.1) is 5.92 Å². The Labute approximate surface area is 105 Å². The Morgan fingerprint density at radius 3 is 3.00 bits per heavy atom. The summed E-state index contributed by atoms with van der Waals surface area (Å²) in [7, 11) is 0. The van der Waals surface area contributed by atoms with Gasteiger partial charge in [-0.2, -0.15) is 16.7 Å². The number of hydrogen-bond donors (Lipinski definition) is 1. The minimum atomic E-state index is -0.174. The minimum Gasteiger partial charge on any atom is -0.368 e. The number of aromatic nitrogens is 2. The summed E-state index contributed by atoms with van der Waals surface area (Å²) in [6.07, 6.45) is 0.805. The van der Waals surface area contributed by atoms with E-state index in [1.807, 2.05) is 11.8 Å². The van der Waals surface area contributed by atoms with E-state index in [9.17, 15) is 0 Å². The van der Waals surface area contributed by atoms with E-state index >= 15 is 0 Å². The average molecular weight is 257 g/mol. The fraction of sp³-hybridized carbons (Fsp3) is 0.818. The van der Waals surface area contributed by atoms with Crippen molar-refractivity contribution in [1.29, 1.82) is 0 Å². The first-order valence-corrected chi connectivity index (χ1v) is 7.10. The summed E-state index contributed by atoms with van der Waals surface area (Å²) in [5, 5.41) is 3.96. The molecular weight excluding hydrogens is 238 g/mol. The lowest BCUT2D eigenvalue weighted by molar-refractivity contribution is 0.0677. The maximum absolute atomic E-state index is 6.00. The largest absolute Gasteiger partial charge is 0.368 e. The molecule has 2 atom stereocenters. The number of thioether (sulfide) groups is 1. The Bertz CT molecular complexity index is 350. The Balaban J connectivity index is 1.99. The van der Waals surface area contributed by atoms with Gasteiger partial charge in [0.05, 0.1) is 12.6 Å². The van der Waals surface area contributed by atoms with Gasteiger partial charge >= 0.3 is 0 Å². The lowest BCUT2D eigenvalue weighted by Gasteiger charge is -2.18. The van der Waals surface area contributed by atoms with Crippen LogP contribution in [0.5, 0.6) is 0 Å². The van der Waals surface area contributed by atoms with Gasteiger partial charge in [-0.25, -0.2) is 0 Å². The number of rotatable bonds is 4. The van der Waals surface area contributed by atoms with Gasteiger partial charge in [0.2, 0.25) is 11.7 Å². The van der Waals surface area contributed by atoms with Crippen LogP contribution in [0.25, 0.3) is 0 Å². The topological polar surface area (TPSA) is 74.2 Å². The maximum atomic E-state index is 6.00. The van der Waals surface area contributed by atoms with Crippen LogP contribution < -0.4 is 5.73 Å². The Morgan fingerprint density at radius 2 is 2.35 bits per heavy atom. The Morgan fingerprint density at radius 1 is 1.53 bits per heavy atom. The second kappa shape index (κ2) is 5.84. The van der Waals surface area contributed by atoms with Crippen molar-refractivity contribution >= 4 is 11.8 Å². The van der Waals surface area contributed by atoms with Crippen LogP contribution in [-0.2, 0) is 4.74 Å². The molecule has 1 fully saturated rings. The maximum Gasteiger partial charge on any atom is 0.243 e. The molecule has 1 aliphatic rings. The van der Waals surface area contributed by atoms with Crippen LogP contribution in [0.3, 0.4) is 0 Å². The number of hydrogen-bond acceptors (Lipinski definition) is 6. The molecule has 96 valence electrons. The molecule has 0 aliphatic carbocycles. The van der Waals surface area contributed by atoms with Gasteiger partial charge in [-0.15, -0.1) is 0 Å². The molecule has 2 heterocycles. The zero-order valence-corrected chi connectivity index (χ0v) is 11.1. The summed E-state index contributed by atoms with van der Waals surface area (Å²) in [4.78, 5) is 4.35. The van der Waals surface area contributed by atoms with Crippen molar-refractivity contribution in [3.63, 3.8) is 0 Å². The molecule has 17 heavy (non-hydrogen) atoms. The minimum absolute atomic E-state index is 0.0440. The first kappa shape index (κ1) is 12.9. The van der Waals surface area contributed by atoms with Gasteiger partial charge in [-0.3, -0.25) is 0 Å². The van der Waals surface area contributed by atoms with E-state index in [4.69, 9.17) is 15.0 Å². The zero-order valence-electron chi connectivity index (χ0n) is 10.3. The second-order valence-corrected chi connectivity index (χ2v) is 5.81. The summed E-state index contributed by atoms with van der Waals surface area (Å²) >= 11 is 1.85. The van der Waals surface area contributed by atoms with Crippen LogP contribution in [0.15, 0.2) is 4.52 Å².